The molecule has 1 fully saturated rings. The van der Waals surface area contributed by atoms with Gasteiger partial charge >= 0.3 is 0 Å². The molecule has 242 valence electrons. The third-order valence-electron chi connectivity index (χ3n) is 8.06. The summed E-state index contributed by atoms with van der Waals surface area (Å²) in [5.74, 6) is 1.21. The zero-order valence-electron chi connectivity index (χ0n) is 26.4. The summed E-state index contributed by atoms with van der Waals surface area (Å²) in [5.41, 5.74) is 0.854. The lowest BCUT2D eigenvalue weighted by molar-refractivity contribution is -0.194. The molecule has 0 saturated carbocycles. The van der Waals surface area contributed by atoms with E-state index in [1.165, 1.54) is 49.9 Å². The van der Waals surface area contributed by atoms with Gasteiger partial charge in [-0.05, 0) is 54.7 Å². The second kappa shape index (κ2) is 18.0. The topological polar surface area (TPSA) is 27.7 Å². The fourth-order valence-electron chi connectivity index (χ4n) is 5.34. The van der Waals surface area contributed by atoms with Gasteiger partial charge in [-0.25, -0.2) is 13.2 Å². The van der Waals surface area contributed by atoms with E-state index < -0.39 is 23.3 Å². The zero-order valence-corrected chi connectivity index (χ0v) is 26.4. The molecule has 7 heteroatoms. The van der Waals surface area contributed by atoms with Crippen LogP contribution in [0.15, 0.2) is 48.5 Å². The smallest absolute Gasteiger partial charge is 0.201 e. The molecule has 0 aliphatic carbocycles. The number of hydrogen-bond donors (Lipinski definition) is 0. The van der Waals surface area contributed by atoms with Crippen LogP contribution in [0, 0.1) is 41.0 Å². The summed E-state index contributed by atoms with van der Waals surface area (Å²) in [5, 5.41) is 0. The molecule has 1 aliphatic rings. The van der Waals surface area contributed by atoms with Crippen molar-refractivity contribution in [2.24, 2.45) is 5.92 Å². The van der Waals surface area contributed by atoms with E-state index in [0.717, 1.165) is 44.9 Å². The highest BCUT2D eigenvalue weighted by Gasteiger charge is 2.21. The Bertz CT molecular complexity index is 1420. The lowest BCUT2D eigenvalue weighted by atomic mass is 9.98. The quantitative estimate of drug-likeness (QED) is 0.0957. The van der Waals surface area contributed by atoms with Crippen LogP contribution in [0.1, 0.15) is 90.0 Å². The first kappa shape index (κ1) is 34.5. The van der Waals surface area contributed by atoms with E-state index in [1.54, 1.807) is 24.3 Å². The first-order valence-electron chi connectivity index (χ1n) is 16.4. The van der Waals surface area contributed by atoms with Gasteiger partial charge in [0.15, 0.2) is 29.5 Å². The molecule has 4 rings (SSSR count). The summed E-state index contributed by atoms with van der Waals surface area (Å²) >= 11 is 0. The second-order valence-electron chi connectivity index (χ2n) is 11.6. The van der Waals surface area contributed by atoms with Crippen LogP contribution in [0.5, 0.6) is 5.75 Å². The van der Waals surface area contributed by atoms with Crippen LogP contribution in [0.25, 0.3) is 22.3 Å². The van der Waals surface area contributed by atoms with E-state index in [-0.39, 0.29) is 34.6 Å². The normalized spacial score (nSPS) is 16.3. The number of unbranched alkanes of at least 4 members (excludes halogenated alkanes) is 8. The maximum absolute atomic E-state index is 15.1. The van der Waals surface area contributed by atoms with Crippen LogP contribution >= 0.6 is 0 Å². The van der Waals surface area contributed by atoms with Crippen molar-refractivity contribution >= 4 is 0 Å². The molecule has 45 heavy (non-hydrogen) atoms. The van der Waals surface area contributed by atoms with Gasteiger partial charge < -0.3 is 14.2 Å². The van der Waals surface area contributed by atoms with E-state index in [2.05, 4.69) is 25.7 Å². The first-order valence-corrected chi connectivity index (χ1v) is 16.4. The molecule has 1 aliphatic heterocycles. The zero-order chi connectivity index (χ0) is 32.0. The number of benzene rings is 3. The van der Waals surface area contributed by atoms with Gasteiger partial charge in [0.2, 0.25) is 5.82 Å². The highest BCUT2D eigenvalue weighted by atomic mass is 19.2. The number of rotatable bonds is 15. The van der Waals surface area contributed by atoms with Crippen LogP contribution in [-0.4, -0.2) is 26.1 Å². The fraction of sp³-hybridized carbons (Fsp3) is 0.474. The average Bonchev–Trinajstić information content (AvgIpc) is 3.06. The van der Waals surface area contributed by atoms with Gasteiger partial charge in [0, 0.05) is 11.1 Å². The summed E-state index contributed by atoms with van der Waals surface area (Å²) in [4.78, 5) is 0. The van der Waals surface area contributed by atoms with E-state index in [0.29, 0.717) is 30.9 Å². The van der Waals surface area contributed by atoms with E-state index in [1.807, 2.05) is 0 Å². The molecule has 3 aromatic rings. The van der Waals surface area contributed by atoms with Gasteiger partial charge in [0.25, 0.3) is 0 Å². The predicted molar refractivity (Wildman–Crippen MR) is 171 cm³/mol. The molecule has 0 radical (unpaired) electrons. The third kappa shape index (κ3) is 9.82. The Balaban J connectivity index is 1.35. The molecule has 0 aromatic heterocycles. The van der Waals surface area contributed by atoms with Gasteiger partial charge in [-0.1, -0.05) is 101 Å². The summed E-state index contributed by atoms with van der Waals surface area (Å²) in [6.45, 7) is 5.42. The van der Waals surface area contributed by atoms with Crippen molar-refractivity contribution in [3.05, 3.63) is 77.4 Å². The Morgan fingerprint density at radius 1 is 0.644 bits per heavy atom. The molecule has 0 spiro atoms. The molecule has 0 atom stereocenters. The first-order chi connectivity index (χ1) is 21.9. The van der Waals surface area contributed by atoms with Gasteiger partial charge in [-0.2, -0.15) is 4.39 Å². The Morgan fingerprint density at radius 3 is 1.84 bits per heavy atom. The van der Waals surface area contributed by atoms with Crippen LogP contribution in [-0.2, 0) is 9.47 Å². The van der Waals surface area contributed by atoms with Crippen molar-refractivity contribution in [1.29, 1.82) is 0 Å². The van der Waals surface area contributed by atoms with Gasteiger partial charge in [0.1, 0.15) is 0 Å². The minimum atomic E-state index is -1.04. The van der Waals surface area contributed by atoms with Gasteiger partial charge in [0.05, 0.1) is 31.3 Å². The van der Waals surface area contributed by atoms with Crippen molar-refractivity contribution in [2.75, 3.05) is 19.8 Å². The van der Waals surface area contributed by atoms with Gasteiger partial charge in [-0.15, -0.1) is 0 Å². The Labute approximate surface area is 265 Å². The lowest BCUT2D eigenvalue weighted by Gasteiger charge is -2.26. The molecule has 0 amide bonds. The molecule has 3 aromatic carbocycles. The van der Waals surface area contributed by atoms with Crippen molar-refractivity contribution in [3.63, 3.8) is 0 Å². The molecular weight excluding hydrogens is 580 g/mol. The highest BCUT2D eigenvalue weighted by Crippen LogP contribution is 2.33. The van der Waals surface area contributed by atoms with Crippen molar-refractivity contribution in [2.45, 2.75) is 90.8 Å². The summed E-state index contributed by atoms with van der Waals surface area (Å²) < 4.78 is 76.8. The molecule has 0 unspecified atom stereocenters. The van der Waals surface area contributed by atoms with Crippen LogP contribution in [0.4, 0.5) is 17.6 Å². The minimum absolute atomic E-state index is 0.0459. The molecular formula is C38H44F4O3. The second-order valence-corrected chi connectivity index (χ2v) is 11.6. The monoisotopic (exact) mass is 624 g/mol. The molecule has 1 heterocycles. The Kier molecular flexibility index (Phi) is 13.8. The lowest BCUT2D eigenvalue weighted by Crippen LogP contribution is -2.31. The van der Waals surface area contributed by atoms with Crippen molar-refractivity contribution in [1.82, 2.24) is 0 Å². The molecule has 0 N–H and O–H groups in total. The summed E-state index contributed by atoms with van der Waals surface area (Å²) in [6.07, 6.45) is 11.6. The van der Waals surface area contributed by atoms with Crippen LogP contribution < -0.4 is 4.74 Å². The molecule has 3 nitrogen and oxygen atoms in total. The van der Waals surface area contributed by atoms with Crippen LogP contribution in [0.3, 0.4) is 0 Å². The van der Waals surface area contributed by atoms with Crippen LogP contribution in [0.2, 0.25) is 0 Å². The van der Waals surface area contributed by atoms with Gasteiger partial charge in [-0.3, -0.25) is 0 Å². The fourth-order valence-corrected chi connectivity index (χ4v) is 5.34. The van der Waals surface area contributed by atoms with E-state index >= 15 is 4.39 Å². The number of halogens is 4. The Morgan fingerprint density at radius 2 is 1.20 bits per heavy atom. The molecule has 1 saturated heterocycles. The SMILES string of the molecule is CCCCCCCCCOc1ccc(-c2ccc(-c3ccc(C#CC4COC(CCCCC)OC4)c(F)c3F)cc2)c(F)c1F. The van der Waals surface area contributed by atoms with E-state index in [9.17, 15) is 13.2 Å². The Hall–Kier alpha value is -3.34. The predicted octanol–water partition coefficient (Wildman–Crippen LogP) is 10.6. The molecule has 0 bridgehead atoms. The average molecular weight is 625 g/mol. The van der Waals surface area contributed by atoms with Crippen molar-refractivity contribution < 1.29 is 31.8 Å². The van der Waals surface area contributed by atoms with E-state index in [4.69, 9.17) is 14.2 Å². The maximum Gasteiger partial charge on any atom is 0.201 e. The number of ether oxygens (including phenoxy) is 3. The van der Waals surface area contributed by atoms with Crippen molar-refractivity contribution in [3.8, 4) is 39.8 Å². The summed E-state index contributed by atoms with van der Waals surface area (Å²) in [7, 11) is 0. The standard InChI is InChI=1S/C38H44F4O3/c1-3-5-7-8-9-10-12-24-43-33-23-22-32(37(41)38(33)42)29-18-16-28(17-19-29)31-21-20-30(35(39)36(31)40)15-14-27-25-44-34(45-26-27)13-11-6-4-2/h16-23,27,34H,3-13,24-26H2,1-2H3. The summed E-state index contributed by atoms with van der Waals surface area (Å²) in [6, 6.07) is 12.0. The third-order valence-corrected chi connectivity index (χ3v) is 8.06. The largest absolute Gasteiger partial charge is 0.490 e. The minimum Gasteiger partial charge on any atom is -0.490 e. The maximum atomic E-state index is 15.1. The highest BCUT2D eigenvalue weighted by molar-refractivity contribution is 5.72. The number of hydrogen-bond acceptors (Lipinski definition) is 3.